The number of benzene rings is 1. The molecule has 0 heterocycles. The predicted octanol–water partition coefficient (Wildman–Crippen LogP) is 2.26. The Hall–Kier alpha value is -1.62. The third kappa shape index (κ3) is 4.17. The highest BCUT2D eigenvalue weighted by Gasteiger charge is 2.33. The van der Waals surface area contributed by atoms with Crippen molar-refractivity contribution in [3.8, 4) is 5.75 Å². The molecule has 1 fully saturated rings. The Labute approximate surface area is 124 Å². The van der Waals surface area contributed by atoms with Crippen LogP contribution in [-0.4, -0.2) is 30.3 Å². The summed E-state index contributed by atoms with van der Waals surface area (Å²) in [7, 11) is 0. The van der Waals surface area contributed by atoms with E-state index in [4.69, 9.17) is 4.74 Å². The Kier molecular flexibility index (Phi) is 5.17. The molecule has 1 atom stereocenters. The van der Waals surface area contributed by atoms with E-state index >= 15 is 0 Å². The number of nitrogens with one attached hydrogen (secondary N) is 1. The fourth-order valence-electron chi connectivity index (χ4n) is 2.70. The lowest BCUT2D eigenvalue weighted by atomic mass is 9.87. The number of aliphatic hydroxyl groups is 1. The van der Waals surface area contributed by atoms with Gasteiger partial charge in [0.25, 0.3) is 5.91 Å². The van der Waals surface area contributed by atoms with Crippen LogP contribution in [0, 0.1) is 11.2 Å². The summed E-state index contributed by atoms with van der Waals surface area (Å²) in [5.41, 5.74) is -0.175. The van der Waals surface area contributed by atoms with Gasteiger partial charge in [-0.2, -0.15) is 0 Å². The summed E-state index contributed by atoms with van der Waals surface area (Å²) in [6.45, 7) is 2.22. The van der Waals surface area contributed by atoms with Crippen molar-refractivity contribution in [3.05, 3.63) is 30.1 Å². The van der Waals surface area contributed by atoms with Crippen LogP contribution in [0.1, 0.15) is 32.6 Å². The first-order valence-electron chi connectivity index (χ1n) is 7.35. The average Bonchev–Trinajstić information content (AvgIpc) is 2.96. The Bertz CT molecular complexity index is 469. The van der Waals surface area contributed by atoms with E-state index in [-0.39, 0.29) is 23.7 Å². The van der Waals surface area contributed by atoms with Crippen molar-refractivity contribution in [2.75, 3.05) is 13.2 Å². The second-order valence-electron chi connectivity index (χ2n) is 5.80. The standard InChI is InChI=1S/C16H22FNO3/c1-12(21-14-6-4-13(17)5-7-14)15(20)18-10-16(11-19)8-2-3-9-16/h4-7,12,19H,2-3,8-11H2,1H3,(H,18,20). The molecule has 1 saturated carbocycles. The molecule has 0 bridgehead atoms. The van der Waals surface area contributed by atoms with Gasteiger partial charge in [0.2, 0.25) is 0 Å². The molecule has 21 heavy (non-hydrogen) atoms. The topological polar surface area (TPSA) is 58.6 Å². The summed E-state index contributed by atoms with van der Waals surface area (Å²) < 4.78 is 18.3. The molecule has 1 unspecified atom stereocenters. The number of carbonyl (C=O) groups excluding carboxylic acids is 1. The number of amides is 1. The second kappa shape index (κ2) is 6.89. The number of rotatable bonds is 6. The van der Waals surface area contributed by atoms with Crippen LogP contribution in [0.25, 0.3) is 0 Å². The lowest BCUT2D eigenvalue weighted by Crippen LogP contribution is -2.43. The van der Waals surface area contributed by atoms with E-state index in [2.05, 4.69) is 5.32 Å². The molecular formula is C16H22FNO3. The van der Waals surface area contributed by atoms with Crippen LogP contribution in [0.3, 0.4) is 0 Å². The lowest BCUT2D eigenvalue weighted by Gasteiger charge is -2.27. The molecule has 2 rings (SSSR count). The predicted molar refractivity (Wildman–Crippen MR) is 77.5 cm³/mol. The van der Waals surface area contributed by atoms with Crippen LogP contribution >= 0.6 is 0 Å². The SMILES string of the molecule is CC(Oc1ccc(F)cc1)C(=O)NCC1(CO)CCCC1. The molecule has 1 amide bonds. The molecule has 0 spiro atoms. The first kappa shape index (κ1) is 15.8. The molecule has 1 aromatic rings. The van der Waals surface area contributed by atoms with Crippen LogP contribution in [0.4, 0.5) is 4.39 Å². The zero-order chi connectivity index (χ0) is 15.3. The van der Waals surface area contributed by atoms with Gasteiger partial charge in [-0.15, -0.1) is 0 Å². The number of carbonyl (C=O) groups is 1. The molecular weight excluding hydrogens is 273 g/mol. The van der Waals surface area contributed by atoms with Crippen molar-refractivity contribution in [2.24, 2.45) is 5.41 Å². The quantitative estimate of drug-likeness (QED) is 0.846. The van der Waals surface area contributed by atoms with Gasteiger partial charge in [0, 0.05) is 12.0 Å². The highest BCUT2D eigenvalue weighted by Crippen LogP contribution is 2.36. The van der Waals surface area contributed by atoms with Gasteiger partial charge in [-0.3, -0.25) is 4.79 Å². The number of hydrogen-bond acceptors (Lipinski definition) is 3. The maximum absolute atomic E-state index is 12.8. The fraction of sp³-hybridized carbons (Fsp3) is 0.562. The van der Waals surface area contributed by atoms with E-state index in [0.717, 1.165) is 25.7 Å². The molecule has 1 aliphatic carbocycles. The smallest absolute Gasteiger partial charge is 0.260 e. The Morgan fingerprint density at radius 2 is 2.00 bits per heavy atom. The van der Waals surface area contributed by atoms with E-state index in [9.17, 15) is 14.3 Å². The highest BCUT2D eigenvalue weighted by atomic mass is 19.1. The maximum Gasteiger partial charge on any atom is 0.260 e. The van der Waals surface area contributed by atoms with Crippen LogP contribution < -0.4 is 10.1 Å². The number of hydrogen-bond donors (Lipinski definition) is 2. The minimum atomic E-state index is -0.660. The first-order chi connectivity index (χ1) is 10.0. The molecule has 1 aromatic carbocycles. The van der Waals surface area contributed by atoms with Crippen LogP contribution in [0.2, 0.25) is 0 Å². The molecule has 4 nitrogen and oxygen atoms in total. The maximum atomic E-state index is 12.8. The molecule has 2 N–H and O–H groups in total. The third-order valence-corrected chi connectivity index (χ3v) is 4.13. The van der Waals surface area contributed by atoms with Crippen molar-refractivity contribution < 1.29 is 19.0 Å². The monoisotopic (exact) mass is 295 g/mol. The minimum absolute atomic E-state index is 0.0977. The van der Waals surface area contributed by atoms with Gasteiger partial charge in [0.1, 0.15) is 11.6 Å². The van der Waals surface area contributed by atoms with Crippen LogP contribution in [0.5, 0.6) is 5.75 Å². The summed E-state index contributed by atoms with van der Waals surface area (Å²) >= 11 is 0. The van der Waals surface area contributed by atoms with Gasteiger partial charge in [-0.25, -0.2) is 4.39 Å². The van der Waals surface area contributed by atoms with Crippen molar-refractivity contribution in [1.29, 1.82) is 0 Å². The molecule has 5 heteroatoms. The van der Waals surface area contributed by atoms with Gasteiger partial charge in [-0.1, -0.05) is 12.8 Å². The van der Waals surface area contributed by atoms with Crippen molar-refractivity contribution in [1.82, 2.24) is 5.32 Å². The number of aliphatic hydroxyl groups excluding tert-OH is 1. The summed E-state index contributed by atoms with van der Waals surface area (Å²) in [6, 6.07) is 5.56. The van der Waals surface area contributed by atoms with Crippen LogP contribution in [0.15, 0.2) is 24.3 Å². The van der Waals surface area contributed by atoms with E-state index in [1.165, 1.54) is 24.3 Å². The van der Waals surface area contributed by atoms with Gasteiger partial charge in [0.15, 0.2) is 6.10 Å². The second-order valence-corrected chi connectivity index (χ2v) is 5.80. The molecule has 0 aliphatic heterocycles. The van der Waals surface area contributed by atoms with Gasteiger partial charge in [0.05, 0.1) is 6.61 Å². The molecule has 0 radical (unpaired) electrons. The first-order valence-corrected chi connectivity index (χ1v) is 7.35. The molecule has 0 saturated heterocycles. The van der Waals surface area contributed by atoms with Gasteiger partial charge >= 0.3 is 0 Å². The van der Waals surface area contributed by atoms with Crippen molar-refractivity contribution >= 4 is 5.91 Å². The highest BCUT2D eigenvalue weighted by molar-refractivity contribution is 5.80. The van der Waals surface area contributed by atoms with Gasteiger partial charge < -0.3 is 15.2 Å². The van der Waals surface area contributed by atoms with E-state index in [1.54, 1.807) is 6.92 Å². The fourth-order valence-corrected chi connectivity index (χ4v) is 2.70. The summed E-state index contributed by atoms with van der Waals surface area (Å²) in [5, 5.41) is 12.4. The largest absolute Gasteiger partial charge is 0.481 e. The minimum Gasteiger partial charge on any atom is -0.481 e. The zero-order valence-electron chi connectivity index (χ0n) is 12.3. The normalized spacial score (nSPS) is 18.2. The van der Waals surface area contributed by atoms with Crippen LogP contribution in [-0.2, 0) is 4.79 Å². The average molecular weight is 295 g/mol. The van der Waals surface area contributed by atoms with Crippen molar-refractivity contribution in [2.45, 2.75) is 38.7 Å². The summed E-state index contributed by atoms with van der Waals surface area (Å²) in [4.78, 5) is 12.0. The molecule has 0 aromatic heterocycles. The Morgan fingerprint density at radius 1 is 1.38 bits per heavy atom. The zero-order valence-corrected chi connectivity index (χ0v) is 12.3. The molecule has 116 valence electrons. The summed E-state index contributed by atoms with van der Waals surface area (Å²) in [5.74, 6) is -0.110. The lowest BCUT2D eigenvalue weighted by molar-refractivity contribution is -0.127. The number of halogens is 1. The number of ether oxygens (including phenoxy) is 1. The van der Waals surface area contributed by atoms with Gasteiger partial charge in [-0.05, 0) is 44.0 Å². The Morgan fingerprint density at radius 3 is 2.57 bits per heavy atom. The third-order valence-electron chi connectivity index (χ3n) is 4.13. The van der Waals surface area contributed by atoms with E-state index in [1.807, 2.05) is 0 Å². The van der Waals surface area contributed by atoms with E-state index < -0.39 is 6.10 Å². The Balaban J connectivity index is 1.83. The van der Waals surface area contributed by atoms with E-state index in [0.29, 0.717) is 12.3 Å². The molecule has 1 aliphatic rings. The van der Waals surface area contributed by atoms with Crippen molar-refractivity contribution in [3.63, 3.8) is 0 Å². The summed E-state index contributed by atoms with van der Waals surface area (Å²) in [6.07, 6.45) is 3.41.